The van der Waals surface area contributed by atoms with Crippen molar-refractivity contribution in [3.8, 4) is 0 Å². The molecule has 2 nitrogen and oxygen atoms in total. The van der Waals surface area contributed by atoms with Crippen LogP contribution in [0.15, 0.2) is 30.3 Å². The Morgan fingerprint density at radius 2 is 1.95 bits per heavy atom. The van der Waals surface area contributed by atoms with Crippen LogP contribution in [0.4, 0.5) is 0 Å². The topological polar surface area (TPSA) is 21.3 Å². The van der Waals surface area contributed by atoms with Crippen molar-refractivity contribution in [1.29, 1.82) is 0 Å². The summed E-state index contributed by atoms with van der Waals surface area (Å²) in [7, 11) is 0. The van der Waals surface area contributed by atoms with Crippen LogP contribution in [-0.2, 0) is 4.74 Å². The number of rotatable bonds is 8. The molecule has 2 rings (SSSR count). The molecule has 1 saturated carbocycles. The van der Waals surface area contributed by atoms with Gasteiger partial charge in [-0.1, -0.05) is 44.2 Å². The van der Waals surface area contributed by atoms with Gasteiger partial charge < -0.3 is 10.1 Å². The fraction of sp³-hybridized carbons (Fsp3) is 0.647. The molecule has 0 aliphatic heterocycles. The lowest BCUT2D eigenvalue weighted by molar-refractivity contribution is -0.0681. The van der Waals surface area contributed by atoms with Gasteiger partial charge in [-0.25, -0.2) is 0 Å². The minimum atomic E-state index is 0.291. The standard InChI is InChI=1S/C17H27NO/c1-3-13-18-17(14-9-6-5-7-10-14)16(4-2)19-15-11-8-12-15/h5-7,9-10,15-18H,3-4,8,11-13H2,1-2H3. The van der Waals surface area contributed by atoms with E-state index in [2.05, 4.69) is 49.5 Å². The van der Waals surface area contributed by atoms with Gasteiger partial charge in [-0.3, -0.25) is 0 Å². The van der Waals surface area contributed by atoms with Crippen molar-refractivity contribution in [3.05, 3.63) is 35.9 Å². The molecule has 2 heteroatoms. The van der Waals surface area contributed by atoms with E-state index in [0.29, 0.717) is 18.2 Å². The summed E-state index contributed by atoms with van der Waals surface area (Å²) in [4.78, 5) is 0. The van der Waals surface area contributed by atoms with Gasteiger partial charge in [0.05, 0.1) is 18.2 Å². The van der Waals surface area contributed by atoms with Gasteiger partial charge in [0.15, 0.2) is 0 Å². The molecule has 0 heterocycles. The van der Waals surface area contributed by atoms with Crippen LogP contribution in [0.1, 0.15) is 57.6 Å². The first kappa shape index (κ1) is 14.5. The molecule has 1 aromatic carbocycles. The minimum absolute atomic E-state index is 0.291. The molecule has 1 aliphatic rings. The Balaban J connectivity index is 2.05. The largest absolute Gasteiger partial charge is 0.373 e. The highest BCUT2D eigenvalue weighted by atomic mass is 16.5. The first-order valence-electron chi connectivity index (χ1n) is 7.79. The molecule has 2 atom stereocenters. The molecule has 1 aromatic rings. The number of hydrogen-bond acceptors (Lipinski definition) is 2. The van der Waals surface area contributed by atoms with Crippen LogP contribution in [-0.4, -0.2) is 18.8 Å². The maximum atomic E-state index is 6.29. The zero-order chi connectivity index (χ0) is 13.5. The lowest BCUT2D eigenvalue weighted by Gasteiger charge is -2.35. The zero-order valence-electron chi connectivity index (χ0n) is 12.3. The lowest BCUT2D eigenvalue weighted by Crippen LogP contribution is -2.38. The predicted octanol–water partition coefficient (Wildman–Crippen LogP) is 4.08. The van der Waals surface area contributed by atoms with Crippen LogP contribution in [0.3, 0.4) is 0 Å². The van der Waals surface area contributed by atoms with E-state index in [1.54, 1.807) is 0 Å². The van der Waals surface area contributed by atoms with Crippen LogP contribution in [0.25, 0.3) is 0 Å². The number of benzene rings is 1. The predicted molar refractivity (Wildman–Crippen MR) is 80.3 cm³/mol. The van der Waals surface area contributed by atoms with E-state index in [1.807, 2.05) is 0 Å². The van der Waals surface area contributed by atoms with Gasteiger partial charge in [0.2, 0.25) is 0 Å². The molecule has 1 N–H and O–H groups in total. The maximum absolute atomic E-state index is 6.29. The van der Waals surface area contributed by atoms with Crippen molar-refractivity contribution in [3.63, 3.8) is 0 Å². The van der Waals surface area contributed by atoms with E-state index in [0.717, 1.165) is 19.4 Å². The summed E-state index contributed by atoms with van der Waals surface area (Å²) in [5, 5.41) is 3.67. The van der Waals surface area contributed by atoms with Crippen LogP contribution < -0.4 is 5.32 Å². The highest BCUT2D eigenvalue weighted by molar-refractivity contribution is 5.20. The van der Waals surface area contributed by atoms with Crippen molar-refractivity contribution < 1.29 is 4.74 Å². The molecule has 0 bridgehead atoms. The summed E-state index contributed by atoms with van der Waals surface area (Å²) in [6.07, 6.45) is 6.83. The van der Waals surface area contributed by atoms with Crippen LogP contribution in [0.5, 0.6) is 0 Å². The molecule has 0 spiro atoms. The quantitative estimate of drug-likeness (QED) is 0.761. The molecule has 1 fully saturated rings. The molecule has 0 aromatic heterocycles. The van der Waals surface area contributed by atoms with Crippen LogP contribution in [0, 0.1) is 0 Å². The summed E-state index contributed by atoms with van der Waals surface area (Å²) in [5.41, 5.74) is 1.35. The molecule has 0 radical (unpaired) electrons. The van der Waals surface area contributed by atoms with Crippen molar-refractivity contribution in [2.75, 3.05) is 6.54 Å². The van der Waals surface area contributed by atoms with Gasteiger partial charge in [-0.15, -0.1) is 0 Å². The van der Waals surface area contributed by atoms with Crippen molar-refractivity contribution in [1.82, 2.24) is 5.32 Å². The van der Waals surface area contributed by atoms with Gasteiger partial charge in [-0.05, 0) is 44.2 Å². The Kier molecular flexibility index (Phi) is 5.87. The summed E-state index contributed by atoms with van der Waals surface area (Å²) >= 11 is 0. The van der Waals surface area contributed by atoms with Crippen molar-refractivity contribution in [2.45, 2.75) is 64.2 Å². The Labute approximate surface area is 117 Å². The first-order chi connectivity index (χ1) is 9.35. The van der Waals surface area contributed by atoms with Crippen molar-refractivity contribution in [2.24, 2.45) is 0 Å². The summed E-state index contributed by atoms with van der Waals surface area (Å²) in [5.74, 6) is 0. The summed E-state index contributed by atoms with van der Waals surface area (Å²) in [6, 6.07) is 11.1. The van der Waals surface area contributed by atoms with Gasteiger partial charge >= 0.3 is 0 Å². The van der Waals surface area contributed by atoms with Gasteiger partial charge in [-0.2, -0.15) is 0 Å². The highest BCUT2D eigenvalue weighted by Gasteiger charge is 2.27. The smallest absolute Gasteiger partial charge is 0.0770 e. The Bertz CT molecular complexity index is 348. The van der Waals surface area contributed by atoms with Crippen molar-refractivity contribution >= 4 is 0 Å². The lowest BCUT2D eigenvalue weighted by atomic mass is 9.94. The van der Waals surface area contributed by atoms with E-state index in [-0.39, 0.29) is 0 Å². The molecule has 106 valence electrons. The third kappa shape index (κ3) is 4.05. The Morgan fingerprint density at radius 3 is 2.47 bits per heavy atom. The normalized spacial score (nSPS) is 18.8. The molecule has 2 unspecified atom stereocenters. The van der Waals surface area contributed by atoms with E-state index in [9.17, 15) is 0 Å². The third-order valence-corrected chi connectivity index (χ3v) is 3.97. The Hall–Kier alpha value is -0.860. The third-order valence-electron chi connectivity index (χ3n) is 3.97. The average molecular weight is 261 g/mol. The van der Waals surface area contributed by atoms with E-state index in [1.165, 1.54) is 24.8 Å². The number of nitrogens with one attached hydrogen (secondary N) is 1. The summed E-state index contributed by atoms with van der Waals surface area (Å²) < 4.78 is 6.29. The molecule has 1 aliphatic carbocycles. The molecule has 19 heavy (non-hydrogen) atoms. The molecular weight excluding hydrogens is 234 g/mol. The first-order valence-corrected chi connectivity index (χ1v) is 7.79. The second-order valence-corrected chi connectivity index (χ2v) is 5.48. The fourth-order valence-corrected chi connectivity index (χ4v) is 2.59. The fourth-order valence-electron chi connectivity index (χ4n) is 2.59. The number of ether oxygens (including phenoxy) is 1. The van der Waals surface area contributed by atoms with E-state index in [4.69, 9.17) is 4.74 Å². The van der Waals surface area contributed by atoms with Gasteiger partial charge in [0.1, 0.15) is 0 Å². The van der Waals surface area contributed by atoms with Gasteiger partial charge in [0.25, 0.3) is 0 Å². The molecule has 0 amide bonds. The van der Waals surface area contributed by atoms with E-state index < -0.39 is 0 Å². The maximum Gasteiger partial charge on any atom is 0.0770 e. The second-order valence-electron chi connectivity index (χ2n) is 5.48. The minimum Gasteiger partial charge on any atom is -0.373 e. The molecular formula is C17H27NO. The zero-order valence-corrected chi connectivity index (χ0v) is 12.3. The highest BCUT2D eigenvalue weighted by Crippen LogP contribution is 2.29. The summed E-state index contributed by atoms with van der Waals surface area (Å²) in [6.45, 7) is 5.49. The monoisotopic (exact) mass is 261 g/mol. The van der Waals surface area contributed by atoms with E-state index >= 15 is 0 Å². The van der Waals surface area contributed by atoms with Crippen LogP contribution >= 0.6 is 0 Å². The van der Waals surface area contributed by atoms with Crippen LogP contribution in [0.2, 0.25) is 0 Å². The average Bonchev–Trinajstić information content (AvgIpc) is 2.41. The van der Waals surface area contributed by atoms with Gasteiger partial charge in [0, 0.05) is 0 Å². The Morgan fingerprint density at radius 1 is 1.21 bits per heavy atom. The SMILES string of the molecule is CCCNC(c1ccccc1)C(CC)OC1CCC1. The molecule has 0 saturated heterocycles. The number of hydrogen-bond donors (Lipinski definition) is 1. The second kappa shape index (κ2) is 7.66.